The van der Waals surface area contributed by atoms with Gasteiger partial charge in [-0.1, -0.05) is 15.9 Å². The minimum Gasteiger partial charge on any atom is -0.287 e. The summed E-state index contributed by atoms with van der Waals surface area (Å²) in [6, 6.07) is -1.28. The second-order valence-corrected chi connectivity index (χ2v) is 5.78. The first-order valence-corrected chi connectivity index (χ1v) is 6.18. The van der Waals surface area contributed by atoms with E-state index in [4.69, 9.17) is 0 Å². The predicted molar refractivity (Wildman–Crippen MR) is 58.2 cm³/mol. The summed E-state index contributed by atoms with van der Waals surface area (Å²) < 4.78 is 38.4. The van der Waals surface area contributed by atoms with Crippen molar-refractivity contribution >= 4 is 15.9 Å². The van der Waals surface area contributed by atoms with Gasteiger partial charge in [0.15, 0.2) is 0 Å². The van der Waals surface area contributed by atoms with Gasteiger partial charge in [0.2, 0.25) is 0 Å². The van der Waals surface area contributed by atoms with Crippen LogP contribution in [0.5, 0.6) is 0 Å². The molecule has 90 valence electrons. The van der Waals surface area contributed by atoms with E-state index in [1.54, 1.807) is 4.90 Å². The normalized spacial score (nSPS) is 29.8. The number of hydrogen-bond donors (Lipinski definition) is 0. The molecule has 0 amide bonds. The molecule has 0 aromatic carbocycles. The van der Waals surface area contributed by atoms with E-state index >= 15 is 0 Å². The molecule has 1 aliphatic heterocycles. The molecule has 1 nitrogen and oxygen atoms in total. The van der Waals surface area contributed by atoms with Crippen LogP contribution in [0.25, 0.3) is 0 Å². The SMILES string of the molecule is CC(C)(C)N1CC(CBr)CC1C(F)(F)F. The standard InChI is InChI=1S/C10H17BrF3N/c1-9(2,3)15-6-7(5-11)4-8(15)10(12,13)14/h7-8H,4-6H2,1-3H3. The number of halogens is 4. The van der Waals surface area contributed by atoms with Crippen molar-refractivity contribution in [1.29, 1.82) is 0 Å². The fourth-order valence-corrected chi connectivity index (χ4v) is 2.56. The minimum absolute atomic E-state index is 0.107. The molecule has 2 atom stereocenters. The maximum Gasteiger partial charge on any atom is 0.404 e. The molecule has 0 N–H and O–H groups in total. The van der Waals surface area contributed by atoms with Gasteiger partial charge in [0.05, 0.1) is 0 Å². The second-order valence-electron chi connectivity index (χ2n) is 5.14. The Bertz CT molecular complexity index is 200. The molecule has 0 aliphatic carbocycles. The molecule has 1 rings (SSSR count). The van der Waals surface area contributed by atoms with E-state index in [-0.39, 0.29) is 12.3 Å². The van der Waals surface area contributed by atoms with Crippen LogP contribution in [0.15, 0.2) is 0 Å². The predicted octanol–water partition coefficient (Wildman–Crippen LogP) is 3.43. The molecule has 1 aliphatic rings. The van der Waals surface area contributed by atoms with E-state index in [0.717, 1.165) is 0 Å². The summed E-state index contributed by atoms with van der Waals surface area (Å²) in [4.78, 5) is 1.57. The van der Waals surface area contributed by atoms with Crippen molar-refractivity contribution in [3.63, 3.8) is 0 Å². The molecule has 1 heterocycles. The summed E-state index contributed by atoms with van der Waals surface area (Å²) in [6.07, 6.45) is -3.89. The lowest BCUT2D eigenvalue weighted by molar-refractivity contribution is -0.186. The van der Waals surface area contributed by atoms with Crippen LogP contribution in [0.3, 0.4) is 0 Å². The third kappa shape index (κ3) is 3.09. The van der Waals surface area contributed by atoms with Gasteiger partial charge in [0.25, 0.3) is 0 Å². The highest BCUT2D eigenvalue weighted by molar-refractivity contribution is 9.09. The van der Waals surface area contributed by atoms with E-state index in [0.29, 0.717) is 11.9 Å². The third-order valence-electron chi connectivity index (χ3n) is 2.85. The Morgan fingerprint density at radius 2 is 1.80 bits per heavy atom. The quantitative estimate of drug-likeness (QED) is 0.668. The highest BCUT2D eigenvalue weighted by atomic mass is 79.9. The molecule has 0 aromatic heterocycles. The van der Waals surface area contributed by atoms with Crippen LogP contribution in [0.4, 0.5) is 13.2 Å². The molecular weight excluding hydrogens is 271 g/mol. The number of hydrogen-bond acceptors (Lipinski definition) is 1. The van der Waals surface area contributed by atoms with Gasteiger partial charge in [0, 0.05) is 17.4 Å². The first-order valence-electron chi connectivity index (χ1n) is 5.05. The summed E-state index contributed by atoms with van der Waals surface area (Å²) in [6.45, 7) is 6.03. The lowest BCUT2D eigenvalue weighted by Gasteiger charge is -2.37. The lowest BCUT2D eigenvalue weighted by atomic mass is 10.0. The van der Waals surface area contributed by atoms with Gasteiger partial charge in [-0.15, -0.1) is 0 Å². The van der Waals surface area contributed by atoms with Crippen LogP contribution < -0.4 is 0 Å². The highest BCUT2D eigenvalue weighted by Gasteiger charge is 2.51. The second kappa shape index (κ2) is 4.24. The molecule has 0 saturated carbocycles. The van der Waals surface area contributed by atoms with Crippen LogP contribution >= 0.6 is 15.9 Å². The molecule has 0 aromatic rings. The zero-order chi connectivity index (χ0) is 11.9. The average molecular weight is 288 g/mol. The Hall–Kier alpha value is 0.230. The van der Waals surface area contributed by atoms with Gasteiger partial charge in [-0.05, 0) is 33.1 Å². The van der Waals surface area contributed by atoms with Gasteiger partial charge >= 0.3 is 6.18 Å². The van der Waals surface area contributed by atoms with Crippen LogP contribution in [0.2, 0.25) is 0 Å². The first-order chi connectivity index (χ1) is 6.66. The summed E-state index contributed by atoms with van der Waals surface area (Å²) in [5.41, 5.74) is -0.420. The fourth-order valence-electron chi connectivity index (χ4n) is 2.09. The molecule has 1 saturated heterocycles. The van der Waals surface area contributed by atoms with Crippen molar-refractivity contribution in [1.82, 2.24) is 4.90 Å². The Morgan fingerprint density at radius 1 is 1.27 bits per heavy atom. The molecular formula is C10H17BrF3N. The molecule has 1 fully saturated rings. The molecule has 0 radical (unpaired) electrons. The van der Waals surface area contributed by atoms with Crippen molar-refractivity contribution in [2.75, 3.05) is 11.9 Å². The van der Waals surface area contributed by atoms with Crippen molar-refractivity contribution in [3.05, 3.63) is 0 Å². The number of rotatable bonds is 1. The Balaban J connectivity index is 2.84. The van der Waals surface area contributed by atoms with Crippen LogP contribution in [-0.4, -0.2) is 34.5 Å². The van der Waals surface area contributed by atoms with Gasteiger partial charge < -0.3 is 0 Å². The molecule has 15 heavy (non-hydrogen) atoms. The first kappa shape index (κ1) is 13.3. The summed E-state index contributed by atoms with van der Waals surface area (Å²) >= 11 is 3.27. The maximum absolute atomic E-state index is 12.8. The molecule has 0 bridgehead atoms. The zero-order valence-corrected chi connectivity index (χ0v) is 10.8. The van der Waals surface area contributed by atoms with Gasteiger partial charge in [-0.25, -0.2) is 0 Å². The van der Waals surface area contributed by atoms with Gasteiger partial charge in [-0.3, -0.25) is 4.90 Å². The van der Waals surface area contributed by atoms with Gasteiger partial charge in [-0.2, -0.15) is 13.2 Å². The fraction of sp³-hybridized carbons (Fsp3) is 1.00. The van der Waals surface area contributed by atoms with E-state index in [1.807, 2.05) is 20.8 Å². The molecule has 0 spiro atoms. The molecule has 5 heteroatoms. The van der Waals surface area contributed by atoms with Crippen molar-refractivity contribution in [3.8, 4) is 0 Å². The van der Waals surface area contributed by atoms with Crippen LogP contribution in [0.1, 0.15) is 27.2 Å². The van der Waals surface area contributed by atoms with Crippen LogP contribution in [0, 0.1) is 5.92 Å². The maximum atomic E-state index is 12.8. The Kier molecular flexibility index (Phi) is 3.76. The van der Waals surface area contributed by atoms with Gasteiger partial charge in [0.1, 0.15) is 6.04 Å². The number of alkyl halides is 4. The van der Waals surface area contributed by atoms with E-state index in [1.165, 1.54) is 0 Å². The number of likely N-dealkylation sites (tertiary alicyclic amines) is 1. The van der Waals surface area contributed by atoms with Crippen LogP contribution in [-0.2, 0) is 0 Å². The summed E-state index contributed by atoms with van der Waals surface area (Å²) in [7, 11) is 0. The Labute approximate surface area is 97.1 Å². The van der Waals surface area contributed by atoms with E-state index in [2.05, 4.69) is 15.9 Å². The Morgan fingerprint density at radius 3 is 2.07 bits per heavy atom. The summed E-state index contributed by atoms with van der Waals surface area (Å²) in [5.74, 6) is 0.107. The average Bonchev–Trinajstić information content (AvgIpc) is 2.44. The third-order valence-corrected chi connectivity index (χ3v) is 3.76. The van der Waals surface area contributed by atoms with E-state index in [9.17, 15) is 13.2 Å². The van der Waals surface area contributed by atoms with Crippen molar-refractivity contribution in [2.24, 2.45) is 5.92 Å². The lowest BCUT2D eigenvalue weighted by Crippen LogP contribution is -2.50. The van der Waals surface area contributed by atoms with Crippen molar-refractivity contribution < 1.29 is 13.2 Å². The number of nitrogens with zero attached hydrogens (tertiary/aromatic N) is 1. The largest absolute Gasteiger partial charge is 0.404 e. The molecule has 2 unspecified atom stereocenters. The zero-order valence-electron chi connectivity index (χ0n) is 9.24. The monoisotopic (exact) mass is 287 g/mol. The highest BCUT2D eigenvalue weighted by Crippen LogP contribution is 2.39. The van der Waals surface area contributed by atoms with E-state index < -0.39 is 17.8 Å². The van der Waals surface area contributed by atoms with Crippen molar-refractivity contribution in [2.45, 2.75) is 44.9 Å². The summed E-state index contributed by atoms with van der Waals surface area (Å²) in [5, 5.41) is 0.645. The topological polar surface area (TPSA) is 3.24 Å². The smallest absolute Gasteiger partial charge is 0.287 e. The minimum atomic E-state index is -4.11.